The molecule has 2 aromatic rings. The Morgan fingerprint density at radius 1 is 1.00 bits per heavy atom. The molecule has 0 unspecified atom stereocenters. The molecule has 0 bridgehead atoms. The monoisotopic (exact) mass is 248 g/mol. The van der Waals surface area contributed by atoms with Gasteiger partial charge in [0.2, 0.25) is 5.91 Å². The third kappa shape index (κ3) is 2.21. The van der Waals surface area contributed by atoms with E-state index in [0.29, 0.717) is 12.0 Å². The second-order valence-corrected chi connectivity index (χ2v) is 4.61. The number of fused-ring (bicyclic) bond motifs is 1. The molecule has 1 N–H and O–H groups in total. The molecular formula is C16H12N2O. The third-order valence-electron chi connectivity index (χ3n) is 3.35. The average Bonchev–Trinajstić information content (AvgIpc) is 2.47. The number of rotatable bonds is 1. The Balaban J connectivity index is 1.97. The van der Waals surface area contributed by atoms with Crippen molar-refractivity contribution in [2.24, 2.45) is 0 Å². The molecule has 1 heterocycles. The molecular weight excluding hydrogens is 236 g/mol. The summed E-state index contributed by atoms with van der Waals surface area (Å²) in [6.07, 6.45) is 1.33. The molecule has 1 aliphatic rings. The van der Waals surface area contributed by atoms with E-state index in [-0.39, 0.29) is 5.91 Å². The molecule has 0 fully saturated rings. The number of anilines is 1. The van der Waals surface area contributed by atoms with E-state index in [9.17, 15) is 4.79 Å². The zero-order valence-corrected chi connectivity index (χ0v) is 10.3. The molecule has 3 nitrogen and oxygen atoms in total. The molecule has 3 heteroatoms. The van der Waals surface area contributed by atoms with Gasteiger partial charge in [-0.3, -0.25) is 4.79 Å². The summed E-state index contributed by atoms with van der Waals surface area (Å²) < 4.78 is 0. The van der Waals surface area contributed by atoms with Crippen LogP contribution in [0.3, 0.4) is 0 Å². The number of carbonyl (C=O) groups is 1. The maximum atomic E-state index is 11.3. The summed E-state index contributed by atoms with van der Waals surface area (Å²) in [5.74, 6) is 0.0821. The van der Waals surface area contributed by atoms with Gasteiger partial charge in [-0.2, -0.15) is 5.26 Å². The van der Waals surface area contributed by atoms with Gasteiger partial charge >= 0.3 is 0 Å². The zero-order valence-electron chi connectivity index (χ0n) is 10.3. The lowest BCUT2D eigenvalue weighted by atomic mass is 9.96. The summed E-state index contributed by atoms with van der Waals surface area (Å²) in [4.78, 5) is 11.3. The van der Waals surface area contributed by atoms with Crippen molar-refractivity contribution in [3.05, 3.63) is 53.6 Å². The standard InChI is InChI=1S/C16H12N2O/c17-10-11-1-3-12(4-2-11)13-5-7-15-14(9-13)6-8-16(19)18-15/h1-5,7,9H,6,8H2,(H,18,19). The minimum absolute atomic E-state index is 0.0821. The fourth-order valence-electron chi connectivity index (χ4n) is 2.30. The number of nitrogens with one attached hydrogen (secondary N) is 1. The van der Waals surface area contributed by atoms with Crippen LogP contribution in [0.2, 0.25) is 0 Å². The van der Waals surface area contributed by atoms with Gasteiger partial charge in [-0.25, -0.2) is 0 Å². The maximum absolute atomic E-state index is 11.3. The first-order valence-corrected chi connectivity index (χ1v) is 6.19. The molecule has 1 amide bonds. The van der Waals surface area contributed by atoms with Crippen LogP contribution in [0.1, 0.15) is 17.5 Å². The highest BCUT2D eigenvalue weighted by atomic mass is 16.1. The van der Waals surface area contributed by atoms with Crippen LogP contribution in [0.4, 0.5) is 5.69 Å². The minimum atomic E-state index is 0.0821. The summed E-state index contributed by atoms with van der Waals surface area (Å²) in [6, 6.07) is 15.7. The molecule has 3 rings (SSSR count). The SMILES string of the molecule is N#Cc1ccc(-c2ccc3c(c2)CCC(=O)N3)cc1. The topological polar surface area (TPSA) is 52.9 Å². The average molecular weight is 248 g/mol. The summed E-state index contributed by atoms with van der Waals surface area (Å²) in [5.41, 5.74) is 4.93. The smallest absolute Gasteiger partial charge is 0.224 e. The van der Waals surface area contributed by atoms with E-state index in [0.717, 1.165) is 23.2 Å². The fraction of sp³-hybridized carbons (Fsp3) is 0.125. The Labute approximate surface area is 111 Å². The highest BCUT2D eigenvalue weighted by Crippen LogP contribution is 2.28. The number of benzene rings is 2. The molecule has 0 atom stereocenters. The zero-order chi connectivity index (χ0) is 13.2. The molecule has 19 heavy (non-hydrogen) atoms. The number of hydrogen-bond donors (Lipinski definition) is 1. The lowest BCUT2D eigenvalue weighted by molar-refractivity contribution is -0.116. The van der Waals surface area contributed by atoms with Crippen molar-refractivity contribution < 1.29 is 4.79 Å². The predicted molar refractivity (Wildman–Crippen MR) is 73.5 cm³/mol. The Hall–Kier alpha value is -2.60. The van der Waals surface area contributed by atoms with Gasteiger partial charge in [0.25, 0.3) is 0 Å². The van der Waals surface area contributed by atoms with Crippen molar-refractivity contribution in [2.75, 3.05) is 5.32 Å². The summed E-state index contributed by atoms with van der Waals surface area (Å²) >= 11 is 0. The van der Waals surface area contributed by atoms with Crippen LogP contribution in [0.5, 0.6) is 0 Å². The highest BCUT2D eigenvalue weighted by Gasteiger charge is 2.14. The van der Waals surface area contributed by atoms with Crippen LogP contribution < -0.4 is 5.32 Å². The van der Waals surface area contributed by atoms with Crippen LogP contribution in [-0.2, 0) is 11.2 Å². The molecule has 1 aliphatic heterocycles. The van der Waals surface area contributed by atoms with Crippen molar-refractivity contribution in [2.45, 2.75) is 12.8 Å². The predicted octanol–water partition coefficient (Wildman–Crippen LogP) is 3.11. The number of carbonyl (C=O) groups excluding carboxylic acids is 1. The lowest BCUT2D eigenvalue weighted by Gasteiger charge is -2.17. The van der Waals surface area contributed by atoms with Crippen LogP contribution in [-0.4, -0.2) is 5.91 Å². The maximum Gasteiger partial charge on any atom is 0.224 e. The van der Waals surface area contributed by atoms with Gasteiger partial charge in [0.15, 0.2) is 0 Å². The summed E-state index contributed by atoms with van der Waals surface area (Å²) in [5, 5.41) is 11.7. The first-order chi connectivity index (χ1) is 9.26. The van der Waals surface area contributed by atoms with Gasteiger partial charge < -0.3 is 5.32 Å². The van der Waals surface area contributed by atoms with Gasteiger partial charge in [0.05, 0.1) is 11.6 Å². The van der Waals surface area contributed by atoms with E-state index in [1.54, 1.807) is 0 Å². The van der Waals surface area contributed by atoms with Crippen molar-refractivity contribution in [3.8, 4) is 17.2 Å². The van der Waals surface area contributed by atoms with Gasteiger partial charge in [0, 0.05) is 12.1 Å². The van der Waals surface area contributed by atoms with E-state index in [1.807, 2.05) is 36.4 Å². The number of nitrogens with zero attached hydrogens (tertiary/aromatic N) is 1. The van der Waals surface area contributed by atoms with Gasteiger partial charge in [0.1, 0.15) is 0 Å². The fourth-order valence-corrected chi connectivity index (χ4v) is 2.30. The van der Waals surface area contributed by atoms with Crippen LogP contribution in [0.25, 0.3) is 11.1 Å². The normalized spacial score (nSPS) is 13.3. The Kier molecular flexibility index (Phi) is 2.77. The highest BCUT2D eigenvalue weighted by molar-refractivity contribution is 5.94. The number of aryl methyl sites for hydroxylation is 1. The molecule has 2 aromatic carbocycles. The van der Waals surface area contributed by atoms with E-state index in [4.69, 9.17) is 5.26 Å². The van der Waals surface area contributed by atoms with Crippen molar-refractivity contribution >= 4 is 11.6 Å². The van der Waals surface area contributed by atoms with E-state index in [2.05, 4.69) is 17.5 Å². The third-order valence-corrected chi connectivity index (χ3v) is 3.35. The van der Waals surface area contributed by atoms with E-state index in [1.165, 1.54) is 5.56 Å². The molecule has 0 saturated heterocycles. The molecule has 0 aromatic heterocycles. The number of nitriles is 1. The van der Waals surface area contributed by atoms with Gasteiger partial charge in [-0.05, 0) is 47.4 Å². The molecule has 0 saturated carbocycles. The first kappa shape index (κ1) is 11.5. The van der Waals surface area contributed by atoms with Gasteiger partial charge in [-0.1, -0.05) is 18.2 Å². The molecule has 92 valence electrons. The Morgan fingerprint density at radius 2 is 1.74 bits per heavy atom. The summed E-state index contributed by atoms with van der Waals surface area (Å²) in [7, 11) is 0. The Bertz CT molecular complexity index is 681. The second-order valence-electron chi connectivity index (χ2n) is 4.61. The summed E-state index contributed by atoms with van der Waals surface area (Å²) in [6.45, 7) is 0. The molecule has 0 aliphatic carbocycles. The minimum Gasteiger partial charge on any atom is -0.326 e. The van der Waals surface area contributed by atoms with Crippen LogP contribution in [0, 0.1) is 11.3 Å². The Morgan fingerprint density at radius 3 is 2.47 bits per heavy atom. The van der Waals surface area contributed by atoms with Crippen molar-refractivity contribution in [3.63, 3.8) is 0 Å². The number of hydrogen-bond acceptors (Lipinski definition) is 2. The van der Waals surface area contributed by atoms with E-state index >= 15 is 0 Å². The van der Waals surface area contributed by atoms with Gasteiger partial charge in [-0.15, -0.1) is 0 Å². The lowest BCUT2D eigenvalue weighted by Crippen LogP contribution is -2.18. The second kappa shape index (κ2) is 4.58. The largest absolute Gasteiger partial charge is 0.326 e. The van der Waals surface area contributed by atoms with Crippen molar-refractivity contribution in [1.29, 1.82) is 5.26 Å². The first-order valence-electron chi connectivity index (χ1n) is 6.19. The molecule has 0 radical (unpaired) electrons. The number of amides is 1. The van der Waals surface area contributed by atoms with Crippen LogP contribution >= 0.6 is 0 Å². The molecule has 0 spiro atoms. The van der Waals surface area contributed by atoms with E-state index < -0.39 is 0 Å². The van der Waals surface area contributed by atoms with Crippen LogP contribution in [0.15, 0.2) is 42.5 Å². The quantitative estimate of drug-likeness (QED) is 0.843. The van der Waals surface area contributed by atoms with Crippen molar-refractivity contribution in [1.82, 2.24) is 0 Å².